The normalized spacial score (nSPS) is 23.0. The molecule has 2 aliphatic carbocycles. The number of amides is 4. The standard InChI is InChI=1S/C35H46N6O7S/c1-19(2)37-32-39-28(18-49-32)27-16-30(25-8-7-22(14-26(25)38-27)46-10-9-45-6)47-24-15-29(31(36)42)40(17-24)33(43)41(35(3,4)5)34(44)48-23-12-20-11-21(20)13-23/h7-8,14,16,18-21,23-24,29H,9-13,15,17H2,1-6H3,(H2,36,42)(H,37,39)/t20-,21+,23?,24-,29+/m1/s1. The molecule has 3 fully saturated rings. The van der Waals surface area contributed by atoms with E-state index in [0.717, 1.165) is 22.9 Å². The van der Waals surface area contributed by atoms with Crippen molar-refractivity contribution in [3.05, 3.63) is 29.6 Å². The summed E-state index contributed by atoms with van der Waals surface area (Å²) in [5.41, 5.74) is 6.82. The number of hydrogen-bond acceptors (Lipinski definition) is 11. The van der Waals surface area contributed by atoms with Gasteiger partial charge in [-0.2, -0.15) is 0 Å². The Bertz CT molecular complexity index is 1700. The third-order valence-electron chi connectivity index (χ3n) is 9.12. The van der Waals surface area contributed by atoms with Crippen LogP contribution in [0.4, 0.5) is 14.7 Å². The first-order chi connectivity index (χ1) is 23.3. The number of rotatable bonds is 11. The lowest BCUT2D eigenvalue weighted by atomic mass is 10.1. The Balaban J connectivity index is 1.27. The Labute approximate surface area is 290 Å². The number of primary amides is 1. The van der Waals surface area contributed by atoms with Crippen LogP contribution in [-0.4, -0.2) is 94.5 Å². The lowest BCUT2D eigenvalue weighted by Crippen LogP contribution is -2.58. The number of nitrogens with one attached hydrogen (secondary N) is 1. The van der Waals surface area contributed by atoms with E-state index < -0.39 is 35.7 Å². The maximum absolute atomic E-state index is 14.1. The van der Waals surface area contributed by atoms with Crippen LogP contribution >= 0.6 is 11.3 Å². The van der Waals surface area contributed by atoms with Crippen LogP contribution in [0, 0.1) is 11.8 Å². The van der Waals surface area contributed by atoms with Crippen LogP contribution in [0.25, 0.3) is 22.3 Å². The fraction of sp³-hybridized carbons (Fsp3) is 0.571. The van der Waals surface area contributed by atoms with E-state index in [4.69, 9.17) is 34.6 Å². The topological polar surface area (TPSA) is 158 Å². The Morgan fingerprint density at radius 2 is 1.80 bits per heavy atom. The smallest absolute Gasteiger partial charge is 0.418 e. The number of ether oxygens (including phenoxy) is 4. The van der Waals surface area contributed by atoms with Gasteiger partial charge in [0.15, 0.2) is 5.13 Å². The number of aromatic nitrogens is 2. The number of urea groups is 1. The summed E-state index contributed by atoms with van der Waals surface area (Å²) >= 11 is 1.48. The number of benzene rings is 1. The van der Waals surface area contributed by atoms with Crippen molar-refractivity contribution in [2.24, 2.45) is 17.6 Å². The highest BCUT2D eigenvalue weighted by Crippen LogP contribution is 2.52. The second-order valence-corrected chi connectivity index (χ2v) is 15.3. The van der Waals surface area contributed by atoms with Gasteiger partial charge in [0.05, 0.1) is 24.4 Å². The monoisotopic (exact) mass is 694 g/mol. The minimum absolute atomic E-state index is 0.0381. The molecular formula is C35H46N6O7S. The van der Waals surface area contributed by atoms with Gasteiger partial charge in [-0.25, -0.2) is 24.5 Å². The van der Waals surface area contributed by atoms with Crippen molar-refractivity contribution < 1.29 is 33.3 Å². The van der Waals surface area contributed by atoms with Gasteiger partial charge in [-0.1, -0.05) is 0 Å². The zero-order chi connectivity index (χ0) is 35.0. The molecule has 3 aliphatic rings. The first-order valence-electron chi connectivity index (χ1n) is 16.9. The van der Waals surface area contributed by atoms with E-state index in [-0.39, 0.29) is 25.1 Å². The minimum Gasteiger partial charge on any atom is -0.491 e. The van der Waals surface area contributed by atoms with Crippen LogP contribution in [0.1, 0.15) is 60.3 Å². The van der Waals surface area contributed by atoms with E-state index in [1.807, 2.05) is 43.5 Å². The van der Waals surface area contributed by atoms with Gasteiger partial charge in [0.25, 0.3) is 0 Å². The van der Waals surface area contributed by atoms with Gasteiger partial charge in [0.1, 0.15) is 42.0 Å². The molecule has 3 aromatic rings. The number of methoxy groups -OCH3 is 1. The number of imide groups is 1. The van der Waals surface area contributed by atoms with Crippen LogP contribution < -0.4 is 20.5 Å². The molecule has 0 spiro atoms. The number of carbonyl (C=O) groups excluding carboxylic acids is 3. The Morgan fingerprint density at radius 3 is 2.47 bits per heavy atom. The van der Waals surface area contributed by atoms with Crippen LogP contribution in [0.5, 0.6) is 11.5 Å². The maximum Gasteiger partial charge on any atom is 0.418 e. The lowest BCUT2D eigenvalue weighted by Gasteiger charge is -2.37. The molecule has 4 amide bonds. The summed E-state index contributed by atoms with van der Waals surface area (Å²) in [5, 5.41) is 6.74. The molecule has 0 radical (unpaired) electrons. The van der Waals surface area contributed by atoms with E-state index in [1.54, 1.807) is 27.9 Å². The molecule has 1 aliphatic heterocycles. The predicted octanol–water partition coefficient (Wildman–Crippen LogP) is 5.67. The van der Waals surface area contributed by atoms with Crippen molar-refractivity contribution in [3.8, 4) is 22.9 Å². The summed E-state index contributed by atoms with van der Waals surface area (Å²) in [6.45, 7) is 10.2. The molecule has 14 heteroatoms. The summed E-state index contributed by atoms with van der Waals surface area (Å²) in [6, 6.07) is 5.94. The first kappa shape index (κ1) is 34.7. The molecule has 3 heterocycles. The fourth-order valence-electron chi connectivity index (χ4n) is 6.70. The molecule has 264 valence electrons. The number of nitrogens with zero attached hydrogens (tertiary/aromatic N) is 4. The van der Waals surface area contributed by atoms with Crippen LogP contribution in [0.3, 0.4) is 0 Å². The third-order valence-corrected chi connectivity index (χ3v) is 9.89. The number of hydrogen-bond donors (Lipinski definition) is 2. The first-order valence-corrected chi connectivity index (χ1v) is 17.7. The number of pyridine rings is 1. The van der Waals surface area contributed by atoms with E-state index >= 15 is 0 Å². The average Bonchev–Trinajstić information content (AvgIpc) is 3.36. The highest BCUT2D eigenvalue weighted by Gasteiger charge is 2.50. The summed E-state index contributed by atoms with van der Waals surface area (Å²) in [7, 11) is 1.61. The number of thiazole rings is 1. The van der Waals surface area contributed by atoms with Gasteiger partial charge in [-0.05, 0) is 77.8 Å². The Morgan fingerprint density at radius 1 is 1.04 bits per heavy atom. The lowest BCUT2D eigenvalue weighted by molar-refractivity contribution is -0.121. The number of likely N-dealkylation sites (tertiary alicyclic amines) is 1. The molecule has 5 atom stereocenters. The number of fused-ring (bicyclic) bond motifs is 2. The predicted molar refractivity (Wildman–Crippen MR) is 186 cm³/mol. The number of anilines is 1. The quantitative estimate of drug-likeness (QED) is 0.240. The summed E-state index contributed by atoms with van der Waals surface area (Å²) in [4.78, 5) is 52.4. The molecule has 2 saturated carbocycles. The molecule has 3 N–H and O–H groups in total. The summed E-state index contributed by atoms with van der Waals surface area (Å²) in [5.74, 6) is 1.67. The molecule has 6 rings (SSSR count). The van der Waals surface area contributed by atoms with Gasteiger partial charge in [0, 0.05) is 48.0 Å². The van der Waals surface area contributed by atoms with Crippen LogP contribution in [0.2, 0.25) is 0 Å². The van der Waals surface area contributed by atoms with Crippen molar-refractivity contribution in [2.75, 3.05) is 32.2 Å². The Hall–Kier alpha value is -4.17. The van der Waals surface area contributed by atoms with E-state index in [9.17, 15) is 14.4 Å². The highest BCUT2D eigenvalue weighted by molar-refractivity contribution is 7.14. The van der Waals surface area contributed by atoms with Crippen molar-refractivity contribution in [1.82, 2.24) is 19.8 Å². The van der Waals surface area contributed by atoms with Crippen molar-refractivity contribution in [2.45, 2.75) is 90.1 Å². The molecule has 1 saturated heterocycles. The zero-order valence-electron chi connectivity index (χ0n) is 28.9. The second-order valence-electron chi connectivity index (χ2n) is 14.4. The van der Waals surface area contributed by atoms with Crippen LogP contribution in [-0.2, 0) is 14.3 Å². The molecule has 0 bridgehead atoms. The van der Waals surface area contributed by atoms with E-state index in [2.05, 4.69) is 5.32 Å². The van der Waals surface area contributed by atoms with Crippen LogP contribution in [0.15, 0.2) is 29.6 Å². The average molecular weight is 695 g/mol. The largest absolute Gasteiger partial charge is 0.491 e. The van der Waals surface area contributed by atoms with Gasteiger partial charge in [-0.3, -0.25) is 4.79 Å². The molecule has 2 aromatic heterocycles. The molecule has 49 heavy (non-hydrogen) atoms. The van der Waals surface area contributed by atoms with Gasteiger partial charge < -0.3 is 34.9 Å². The molecule has 13 nitrogen and oxygen atoms in total. The van der Waals surface area contributed by atoms with Gasteiger partial charge in [0.2, 0.25) is 5.91 Å². The fourth-order valence-corrected chi connectivity index (χ4v) is 7.56. The SMILES string of the molecule is COCCOc1ccc2c(O[C@@H]3C[C@@H](C(N)=O)N(C(=O)N(C(=O)OC4C[C@@H]5C[C@@H]5C4)C(C)(C)C)C3)cc(-c3csc(NC(C)C)n3)nc2c1. The number of carbonyl (C=O) groups is 3. The number of nitrogens with two attached hydrogens (primary N) is 1. The summed E-state index contributed by atoms with van der Waals surface area (Å²) < 4.78 is 23.4. The maximum atomic E-state index is 14.1. The second kappa shape index (κ2) is 14.0. The van der Waals surface area contributed by atoms with Crippen molar-refractivity contribution >= 4 is 45.4 Å². The van der Waals surface area contributed by atoms with Crippen molar-refractivity contribution in [3.63, 3.8) is 0 Å². The zero-order valence-corrected chi connectivity index (χ0v) is 29.7. The minimum atomic E-state index is -0.981. The van der Waals surface area contributed by atoms with Gasteiger partial charge in [-0.15, -0.1) is 11.3 Å². The van der Waals surface area contributed by atoms with Gasteiger partial charge >= 0.3 is 12.1 Å². The van der Waals surface area contributed by atoms with E-state index in [1.165, 1.54) is 22.7 Å². The molecule has 1 aromatic carbocycles. The molecule has 1 unspecified atom stereocenters. The molecular weight excluding hydrogens is 648 g/mol. The third kappa shape index (κ3) is 7.85. The van der Waals surface area contributed by atoms with Crippen molar-refractivity contribution in [1.29, 1.82) is 0 Å². The van der Waals surface area contributed by atoms with E-state index in [0.29, 0.717) is 58.8 Å². The highest BCUT2D eigenvalue weighted by atomic mass is 32.1. The summed E-state index contributed by atoms with van der Waals surface area (Å²) in [6.07, 6.45) is 1.46. The Kier molecular flexibility index (Phi) is 9.90.